The lowest BCUT2D eigenvalue weighted by atomic mass is 9.73. The van der Waals surface area contributed by atoms with Crippen LogP contribution in [0.2, 0.25) is 0 Å². The van der Waals surface area contributed by atoms with E-state index in [-0.39, 0.29) is 45.3 Å². The van der Waals surface area contributed by atoms with E-state index in [4.69, 9.17) is 28.4 Å². The van der Waals surface area contributed by atoms with Gasteiger partial charge < -0.3 is 28.4 Å². The van der Waals surface area contributed by atoms with Crippen LogP contribution in [0.5, 0.6) is 0 Å². The summed E-state index contributed by atoms with van der Waals surface area (Å²) >= 11 is 0. The van der Waals surface area contributed by atoms with Crippen molar-refractivity contribution >= 4 is 23.9 Å². The Labute approximate surface area is 220 Å². The summed E-state index contributed by atoms with van der Waals surface area (Å²) in [7, 11) is 4.87. The lowest BCUT2D eigenvalue weighted by molar-refractivity contribution is -0.139. The van der Waals surface area contributed by atoms with Crippen molar-refractivity contribution in [1.82, 2.24) is 0 Å². The largest absolute Gasteiger partial charge is 0.466 e. The number of hydrogen-bond acceptors (Lipinski definition) is 10. The summed E-state index contributed by atoms with van der Waals surface area (Å²) in [6.07, 6.45) is 0. The van der Waals surface area contributed by atoms with Crippen molar-refractivity contribution < 1.29 is 47.6 Å². The summed E-state index contributed by atoms with van der Waals surface area (Å²) in [4.78, 5) is 52.1. The van der Waals surface area contributed by atoms with Crippen LogP contribution in [-0.4, -0.2) is 52.3 Å². The molecular weight excluding hydrogens is 496 g/mol. The van der Waals surface area contributed by atoms with Crippen LogP contribution in [0.4, 0.5) is 0 Å². The van der Waals surface area contributed by atoms with Gasteiger partial charge in [0.1, 0.15) is 23.0 Å². The standard InChI is InChI=1S/C28H30O10/c1-13-19(25(29)33-5)23(20(14(2)37-13)26(30)34-6)17-11-9-10-12-18(17)24-21(27(31)35-7)15(3)38-16(4)22(24)28(32)36-8/h9-12,23-24H,1-8H3. The Morgan fingerprint density at radius 3 is 0.974 bits per heavy atom. The normalized spacial score (nSPS) is 16.6. The van der Waals surface area contributed by atoms with Crippen LogP contribution >= 0.6 is 0 Å². The van der Waals surface area contributed by atoms with Crippen molar-refractivity contribution in [3.63, 3.8) is 0 Å². The number of allylic oxidation sites excluding steroid dienone is 4. The van der Waals surface area contributed by atoms with Gasteiger partial charge in [-0.1, -0.05) is 24.3 Å². The molecule has 202 valence electrons. The van der Waals surface area contributed by atoms with E-state index in [1.54, 1.807) is 52.0 Å². The zero-order chi connectivity index (χ0) is 28.3. The molecule has 38 heavy (non-hydrogen) atoms. The lowest BCUT2D eigenvalue weighted by Gasteiger charge is -2.34. The second-order valence-corrected chi connectivity index (χ2v) is 8.54. The molecule has 3 rings (SSSR count). The minimum absolute atomic E-state index is 0.0682. The van der Waals surface area contributed by atoms with Crippen LogP contribution in [-0.2, 0) is 47.6 Å². The summed E-state index contributed by atoms with van der Waals surface area (Å²) in [5.41, 5.74) is 1.14. The van der Waals surface area contributed by atoms with E-state index >= 15 is 0 Å². The maximum atomic E-state index is 13.0. The molecule has 0 aliphatic carbocycles. The van der Waals surface area contributed by atoms with Gasteiger partial charge in [-0.15, -0.1) is 0 Å². The predicted octanol–water partition coefficient (Wildman–Crippen LogP) is 3.70. The molecule has 2 aliphatic rings. The van der Waals surface area contributed by atoms with Gasteiger partial charge in [0.05, 0.1) is 62.6 Å². The molecule has 0 unspecified atom stereocenters. The first-order valence-electron chi connectivity index (χ1n) is 11.6. The van der Waals surface area contributed by atoms with Crippen LogP contribution in [0.25, 0.3) is 0 Å². The molecule has 0 spiro atoms. The summed E-state index contributed by atoms with van der Waals surface area (Å²) < 4.78 is 31.7. The third-order valence-electron chi connectivity index (χ3n) is 6.52. The van der Waals surface area contributed by atoms with E-state index in [1.807, 2.05) is 0 Å². The lowest BCUT2D eigenvalue weighted by Crippen LogP contribution is -2.30. The minimum Gasteiger partial charge on any atom is -0.466 e. The molecular formula is C28H30O10. The zero-order valence-electron chi connectivity index (χ0n) is 22.5. The number of esters is 4. The molecule has 0 atom stereocenters. The molecule has 0 amide bonds. The van der Waals surface area contributed by atoms with E-state index in [2.05, 4.69) is 0 Å². The van der Waals surface area contributed by atoms with Gasteiger partial charge in [-0.05, 0) is 38.8 Å². The topological polar surface area (TPSA) is 124 Å². The number of methoxy groups -OCH3 is 4. The molecule has 2 heterocycles. The molecule has 0 aromatic heterocycles. The fraction of sp³-hybridized carbons (Fsp3) is 0.357. The maximum absolute atomic E-state index is 13.0. The minimum atomic E-state index is -1.01. The maximum Gasteiger partial charge on any atom is 0.338 e. The SMILES string of the molecule is COC(=O)C1=C(C)OC(C)=C(C(=O)OC)C1c1ccccc1C1C(C(=O)OC)=C(C)OC(C)=C1C(=O)OC. The number of rotatable bonds is 6. The monoisotopic (exact) mass is 526 g/mol. The molecule has 10 heteroatoms. The Bertz CT molecular complexity index is 1150. The van der Waals surface area contributed by atoms with E-state index in [0.717, 1.165) is 0 Å². The second-order valence-electron chi connectivity index (χ2n) is 8.54. The Hall–Kier alpha value is -4.34. The van der Waals surface area contributed by atoms with Crippen molar-refractivity contribution in [1.29, 1.82) is 0 Å². The van der Waals surface area contributed by atoms with Gasteiger partial charge in [-0.3, -0.25) is 0 Å². The Balaban J connectivity index is 2.45. The Morgan fingerprint density at radius 1 is 0.526 bits per heavy atom. The van der Waals surface area contributed by atoms with Crippen molar-refractivity contribution in [3.8, 4) is 0 Å². The third kappa shape index (κ3) is 4.81. The van der Waals surface area contributed by atoms with E-state index in [1.165, 1.54) is 28.4 Å². The van der Waals surface area contributed by atoms with Gasteiger partial charge in [-0.25, -0.2) is 19.2 Å². The number of carbonyl (C=O) groups is 4. The van der Waals surface area contributed by atoms with E-state index < -0.39 is 35.7 Å². The van der Waals surface area contributed by atoms with Gasteiger partial charge in [0.25, 0.3) is 0 Å². The number of benzene rings is 1. The highest BCUT2D eigenvalue weighted by atomic mass is 16.5. The van der Waals surface area contributed by atoms with Gasteiger partial charge in [0.15, 0.2) is 0 Å². The van der Waals surface area contributed by atoms with Gasteiger partial charge in [0.2, 0.25) is 0 Å². The highest BCUT2D eigenvalue weighted by molar-refractivity contribution is 6.01. The number of carbonyl (C=O) groups excluding carboxylic acids is 4. The van der Waals surface area contributed by atoms with Gasteiger partial charge >= 0.3 is 23.9 Å². The molecule has 1 aromatic carbocycles. The first-order valence-corrected chi connectivity index (χ1v) is 11.6. The van der Waals surface area contributed by atoms with Gasteiger partial charge in [-0.2, -0.15) is 0 Å². The molecule has 0 bridgehead atoms. The Morgan fingerprint density at radius 2 is 0.763 bits per heavy atom. The van der Waals surface area contributed by atoms with E-state index in [9.17, 15) is 19.2 Å². The van der Waals surface area contributed by atoms with Crippen LogP contribution in [0.3, 0.4) is 0 Å². The van der Waals surface area contributed by atoms with Crippen LogP contribution in [0, 0.1) is 0 Å². The van der Waals surface area contributed by atoms with E-state index in [0.29, 0.717) is 11.1 Å². The summed E-state index contributed by atoms with van der Waals surface area (Å²) in [6.45, 7) is 6.34. The Kier molecular flexibility index (Phi) is 8.45. The second kappa shape index (κ2) is 11.4. The average Bonchev–Trinajstić information content (AvgIpc) is 2.90. The molecule has 0 saturated heterocycles. The predicted molar refractivity (Wildman–Crippen MR) is 133 cm³/mol. The molecule has 10 nitrogen and oxygen atoms in total. The fourth-order valence-electron chi connectivity index (χ4n) is 4.93. The first-order chi connectivity index (χ1) is 18.0. The fourth-order valence-corrected chi connectivity index (χ4v) is 4.93. The number of hydrogen-bond donors (Lipinski definition) is 0. The van der Waals surface area contributed by atoms with Crippen LogP contribution < -0.4 is 0 Å². The smallest absolute Gasteiger partial charge is 0.338 e. The molecule has 0 fully saturated rings. The quantitative estimate of drug-likeness (QED) is 0.400. The summed E-state index contributed by atoms with van der Waals surface area (Å²) in [5.74, 6) is -3.98. The third-order valence-corrected chi connectivity index (χ3v) is 6.52. The average molecular weight is 527 g/mol. The number of ether oxygens (including phenoxy) is 6. The molecule has 2 aliphatic heterocycles. The van der Waals surface area contributed by atoms with Crippen molar-refractivity contribution in [2.75, 3.05) is 28.4 Å². The molecule has 0 saturated carbocycles. The zero-order valence-corrected chi connectivity index (χ0v) is 22.5. The van der Waals surface area contributed by atoms with Crippen molar-refractivity contribution in [2.24, 2.45) is 0 Å². The highest BCUT2D eigenvalue weighted by Crippen LogP contribution is 2.48. The molecule has 0 N–H and O–H groups in total. The summed E-state index contributed by atoms with van der Waals surface area (Å²) in [5, 5.41) is 0. The van der Waals surface area contributed by atoms with Crippen LogP contribution in [0.1, 0.15) is 50.7 Å². The molecule has 0 radical (unpaired) electrons. The highest BCUT2D eigenvalue weighted by Gasteiger charge is 2.44. The van der Waals surface area contributed by atoms with Crippen molar-refractivity contribution in [2.45, 2.75) is 39.5 Å². The van der Waals surface area contributed by atoms with Gasteiger partial charge in [0, 0.05) is 0 Å². The summed E-state index contributed by atoms with van der Waals surface area (Å²) in [6, 6.07) is 6.82. The van der Waals surface area contributed by atoms with Crippen molar-refractivity contribution in [3.05, 3.63) is 80.7 Å². The first kappa shape index (κ1) is 28.2. The molecule has 1 aromatic rings. The van der Waals surface area contributed by atoms with Crippen LogP contribution in [0.15, 0.2) is 69.6 Å².